The Morgan fingerprint density at radius 2 is 1.76 bits per heavy atom. The number of rotatable bonds is 4. The van der Waals surface area contributed by atoms with E-state index in [4.69, 9.17) is 20.8 Å². The van der Waals surface area contributed by atoms with Gasteiger partial charge in [0.15, 0.2) is 0 Å². The third kappa shape index (κ3) is 4.88. The fourth-order valence-corrected chi connectivity index (χ4v) is 1.65. The molecule has 6 nitrogen and oxygen atoms in total. The smallest absolute Gasteiger partial charge is 0.407 e. The Bertz CT molecular complexity index is 531. The van der Waals surface area contributed by atoms with E-state index in [2.05, 4.69) is 10.2 Å². The molecule has 0 saturated heterocycles. The second kappa shape index (κ2) is 6.84. The predicted octanol–water partition coefficient (Wildman–Crippen LogP) is 3.28. The Balaban J connectivity index is 2.86. The number of amides is 1. The molecule has 1 aromatic carbocycles. The van der Waals surface area contributed by atoms with Gasteiger partial charge in [-0.3, -0.25) is 0 Å². The van der Waals surface area contributed by atoms with E-state index < -0.39 is 11.7 Å². The third-order valence-electron chi connectivity index (χ3n) is 2.49. The molecule has 0 fully saturated rings. The summed E-state index contributed by atoms with van der Waals surface area (Å²) in [6.07, 6.45) is -0.505. The van der Waals surface area contributed by atoms with Gasteiger partial charge < -0.3 is 19.5 Å². The van der Waals surface area contributed by atoms with Crippen LogP contribution < -0.4 is 14.8 Å². The van der Waals surface area contributed by atoms with E-state index in [0.29, 0.717) is 17.2 Å². The lowest BCUT2D eigenvalue weighted by Gasteiger charge is -2.20. The first-order chi connectivity index (χ1) is 9.80. The first-order valence-corrected chi connectivity index (χ1v) is 6.40. The summed E-state index contributed by atoms with van der Waals surface area (Å²) in [6, 6.07) is 3.38. The summed E-state index contributed by atoms with van der Waals surface area (Å²) in [5.41, 5.74) is 0.510. The highest BCUT2D eigenvalue weighted by molar-refractivity contribution is 5.70. The minimum atomic E-state index is -0.548. The maximum absolute atomic E-state index is 11.6. The monoisotopic (exact) mass is 291 g/mol. The summed E-state index contributed by atoms with van der Waals surface area (Å²) in [5, 5.41) is 2.65. The van der Waals surface area contributed by atoms with Crippen LogP contribution >= 0.6 is 0 Å². The van der Waals surface area contributed by atoms with E-state index >= 15 is 0 Å². The number of carbonyl (C=O) groups is 1. The summed E-state index contributed by atoms with van der Waals surface area (Å²) in [6.45, 7) is 12.8. The van der Waals surface area contributed by atoms with Crippen molar-refractivity contribution in [3.8, 4) is 11.5 Å². The summed E-state index contributed by atoms with van der Waals surface area (Å²) in [7, 11) is 2.96. The molecular weight excluding hydrogens is 271 g/mol. The molecule has 0 bridgehead atoms. The summed E-state index contributed by atoms with van der Waals surface area (Å²) in [5.74, 6) is 0.815. The van der Waals surface area contributed by atoms with Crippen LogP contribution in [0.25, 0.3) is 4.85 Å². The van der Waals surface area contributed by atoms with Crippen LogP contribution in [0.3, 0.4) is 0 Å². The second-order valence-electron chi connectivity index (χ2n) is 5.32. The molecule has 1 amide bonds. The number of nitrogens with zero attached hydrogens (tertiary/aromatic N) is 1. The van der Waals surface area contributed by atoms with Crippen molar-refractivity contribution in [3.63, 3.8) is 0 Å². The van der Waals surface area contributed by atoms with Gasteiger partial charge in [0, 0.05) is 6.54 Å². The Morgan fingerprint density at radius 1 is 1.24 bits per heavy atom. The van der Waals surface area contributed by atoms with Gasteiger partial charge in [-0.1, -0.05) is 0 Å². The van der Waals surface area contributed by atoms with Crippen LogP contribution in [0.5, 0.6) is 11.5 Å². The van der Waals surface area contributed by atoms with E-state index in [9.17, 15) is 4.79 Å². The van der Waals surface area contributed by atoms with Crippen molar-refractivity contribution in [2.75, 3.05) is 14.2 Å². The summed E-state index contributed by atoms with van der Waals surface area (Å²) < 4.78 is 15.5. The zero-order valence-corrected chi connectivity index (χ0v) is 12.9. The number of hydrogen-bond acceptors (Lipinski definition) is 4. The van der Waals surface area contributed by atoms with Crippen molar-refractivity contribution in [1.29, 1.82) is 0 Å². The van der Waals surface area contributed by atoms with E-state index in [-0.39, 0.29) is 6.54 Å². The highest BCUT2D eigenvalue weighted by atomic mass is 16.6. The minimum Gasteiger partial charge on any atom is -0.508 e. The van der Waals surface area contributed by atoms with Gasteiger partial charge in [-0.25, -0.2) is 9.64 Å². The predicted molar refractivity (Wildman–Crippen MR) is 78.9 cm³/mol. The zero-order valence-electron chi connectivity index (χ0n) is 12.9. The number of benzene rings is 1. The van der Waals surface area contributed by atoms with Crippen LogP contribution in [0.1, 0.15) is 26.3 Å². The van der Waals surface area contributed by atoms with Gasteiger partial charge in [0.2, 0.25) is 0 Å². The Hall–Kier alpha value is -2.42. The van der Waals surface area contributed by atoms with E-state index in [1.807, 2.05) is 0 Å². The highest BCUT2D eigenvalue weighted by Crippen LogP contribution is 2.38. The van der Waals surface area contributed by atoms with Crippen molar-refractivity contribution < 1.29 is 19.0 Å². The quantitative estimate of drug-likeness (QED) is 0.865. The Labute approximate surface area is 124 Å². The second-order valence-corrected chi connectivity index (χ2v) is 5.32. The maximum Gasteiger partial charge on any atom is 0.407 e. The number of methoxy groups -OCH3 is 2. The average molecular weight is 291 g/mol. The van der Waals surface area contributed by atoms with Crippen LogP contribution in [0, 0.1) is 6.57 Å². The molecule has 0 saturated carbocycles. The third-order valence-corrected chi connectivity index (χ3v) is 2.49. The number of alkyl carbamates (subject to hydrolysis) is 1. The van der Waals surface area contributed by atoms with Gasteiger partial charge in [0.1, 0.15) is 17.1 Å². The van der Waals surface area contributed by atoms with Gasteiger partial charge in [-0.15, -0.1) is 0 Å². The zero-order chi connectivity index (χ0) is 16.0. The molecule has 1 N–H and O–H groups in total. The molecule has 0 aromatic heterocycles. The number of nitrogens with one attached hydrogen (secondary N) is 1. The lowest BCUT2D eigenvalue weighted by molar-refractivity contribution is 0.0523. The molecule has 1 aromatic rings. The number of carbonyl (C=O) groups excluding carboxylic acids is 1. The van der Waals surface area contributed by atoms with Crippen molar-refractivity contribution in [2.45, 2.75) is 32.9 Å². The minimum absolute atomic E-state index is 0.250. The maximum atomic E-state index is 11.6. The fraction of sp³-hybridized carbons (Fsp3) is 0.467. The van der Waals surface area contributed by atoms with Crippen LogP contribution in [0.2, 0.25) is 0 Å². The molecule has 0 aliphatic rings. The van der Waals surface area contributed by atoms with Gasteiger partial charge in [0.25, 0.3) is 5.69 Å². The van der Waals surface area contributed by atoms with Crippen LogP contribution in [0.4, 0.5) is 10.5 Å². The molecule has 114 valence electrons. The van der Waals surface area contributed by atoms with Crippen molar-refractivity contribution in [2.24, 2.45) is 0 Å². The first kappa shape index (κ1) is 16.6. The number of hydrogen-bond donors (Lipinski definition) is 1. The van der Waals surface area contributed by atoms with Crippen molar-refractivity contribution in [1.82, 2.24) is 5.32 Å². The van der Waals surface area contributed by atoms with Gasteiger partial charge in [-0.2, -0.15) is 0 Å². The molecular formula is C15H20N2O4. The van der Waals surface area contributed by atoms with E-state index in [0.717, 1.165) is 5.56 Å². The van der Waals surface area contributed by atoms with Crippen LogP contribution in [0.15, 0.2) is 12.1 Å². The summed E-state index contributed by atoms with van der Waals surface area (Å²) in [4.78, 5) is 15.0. The highest BCUT2D eigenvalue weighted by Gasteiger charge is 2.17. The van der Waals surface area contributed by atoms with Crippen molar-refractivity contribution >= 4 is 11.8 Å². The van der Waals surface area contributed by atoms with Crippen molar-refractivity contribution in [3.05, 3.63) is 29.1 Å². The van der Waals surface area contributed by atoms with E-state index in [1.165, 1.54) is 14.2 Å². The van der Waals surface area contributed by atoms with Gasteiger partial charge in [0.05, 0.1) is 20.8 Å². The van der Waals surface area contributed by atoms with Crippen LogP contribution in [-0.4, -0.2) is 25.9 Å². The molecule has 0 heterocycles. The van der Waals surface area contributed by atoms with Crippen LogP contribution in [-0.2, 0) is 11.3 Å². The SMILES string of the molecule is COc1cc(CNC(=O)OC(C)(C)C)cc(OC)c1[N+]#[11C-]. The summed E-state index contributed by atoms with van der Waals surface area (Å²) >= 11 is 0. The Kier molecular flexibility index (Phi) is 5.42. The molecule has 0 spiro atoms. The molecule has 0 atom stereocenters. The molecule has 1 rings (SSSR count). The number of ether oxygens (including phenoxy) is 3. The molecule has 6 heteroatoms. The van der Waals surface area contributed by atoms with E-state index in [1.54, 1.807) is 32.9 Å². The average Bonchev–Trinajstić information content (AvgIpc) is 2.41. The normalized spacial score (nSPS) is 10.5. The molecule has 21 heavy (non-hydrogen) atoms. The standard InChI is InChI=1S/C15H20N2O4/c1-15(2,3)21-14(18)17-9-10-7-11(19-5)13(16-4)12(8-10)20-6/h7-8H,9H2,1-3,5-6H3,(H,17,18)/i4-1. The molecule has 0 radical (unpaired) electrons. The topological polar surface area (TPSA) is 61.2 Å². The Morgan fingerprint density at radius 3 is 2.14 bits per heavy atom. The van der Waals surface area contributed by atoms with Gasteiger partial charge in [-0.05, 0) is 38.5 Å². The molecule has 0 aliphatic heterocycles. The molecule has 0 unspecified atom stereocenters. The lowest BCUT2D eigenvalue weighted by Crippen LogP contribution is -2.32. The lowest BCUT2D eigenvalue weighted by atomic mass is 10.1. The first-order valence-electron chi connectivity index (χ1n) is 6.40. The fourth-order valence-electron chi connectivity index (χ4n) is 1.65. The van der Waals surface area contributed by atoms with Gasteiger partial charge >= 0.3 is 6.09 Å². The largest absolute Gasteiger partial charge is 0.508 e. The molecule has 0 aliphatic carbocycles.